The molecular formula is C24H27N7O. The van der Waals surface area contributed by atoms with Crippen LogP contribution in [0.1, 0.15) is 28.6 Å². The Morgan fingerprint density at radius 3 is 2.59 bits per heavy atom. The third-order valence-electron chi connectivity index (χ3n) is 6.21. The Morgan fingerprint density at radius 1 is 1.03 bits per heavy atom. The maximum Gasteiger partial charge on any atom is 0.253 e. The molecule has 1 saturated heterocycles. The summed E-state index contributed by atoms with van der Waals surface area (Å²) in [6.07, 6.45) is 0. The maximum atomic E-state index is 13.3. The second-order valence-electron chi connectivity index (χ2n) is 8.57. The second-order valence-corrected chi connectivity index (χ2v) is 8.57. The Bertz CT molecular complexity index is 1270. The number of rotatable bonds is 5. The lowest BCUT2D eigenvalue weighted by Crippen LogP contribution is -2.47. The van der Waals surface area contributed by atoms with E-state index in [0.717, 1.165) is 48.2 Å². The third kappa shape index (κ3) is 4.06. The first kappa shape index (κ1) is 20.5. The van der Waals surface area contributed by atoms with Gasteiger partial charge < -0.3 is 9.88 Å². The first-order valence-corrected chi connectivity index (χ1v) is 10.9. The number of nitrogens with zero attached hydrogens (tertiary/aromatic N) is 6. The van der Waals surface area contributed by atoms with E-state index >= 15 is 0 Å². The van der Waals surface area contributed by atoms with Crippen LogP contribution in [0, 0.1) is 6.92 Å². The number of tetrazole rings is 1. The molecule has 4 aromatic rings. The molecule has 1 aliphatic heterocycles. The van der Waals surface area contributed by atoms with Gasteiger partial charge in [0.2, 0.25) is 0 Å². The van der Waals surface area contributed by atoms with Crippen LogP contribution >= 0.6 is 0 Å². The number of pyridine rings is 1. The van der Waals surface area contributed by atoms with E-state index in [1.54, 1.807) is 0 Å². The first-order chi connectivity index (χ1) is 15.6. The van der Waals surface area contributed by atoms with E-state index in [2.05, 4.69) is 62.5 Å². The number of hydrogen-bond acceptors (Lipinski definition) is 6. The lowest BCUT2D eigenvalue weighted by Gasteiger charge is -2.37. The molecule has 0 unspecified atom stereocenters. The smallest absolute Gasteiger partial charge is 0.253 e. The average Bonchev–Trinajstić information content (AvgIpc) is 3.24. The summed E-state index contributed by atoms with van der Waals surface area (Å²) in [7, 11) is 2.12. The van der Waals surface area contributed by atoms with Crippen molar-refractivity contribution in [3.8, 4) is 0 Å². The van der Waals surface area contributed by atoms with Gasteiger partial charge in [-0.05, 0) is 53.5 Å². The van der Waals surface area contributed by atoms with E-state index < -0.39 is 0 Å². The highest BCUT2D eigenvalue weighted by Gasteiger charge is 2.32. The molecule has 32 heavy (non-hydrogen) atoms. The van der Waals surface area contributed by atoms with Crippen LogP contribution in [-0.2, 0) is 6.54 Å². The molecule has 2 aromatic heterocycles. The Hall–Kier alpha value is -3.36. The SMILES string of the molecule is Cc1ccc2[nH]c(=O)c([C@H](c3nnnn3Cc3ccccc3)N3CCN(C)CC3)cc2c1. The van der Waals surface area contributed by atoms with Gasteiger partial charge in [0.05, 0.1) is 6.54 Å². The van der Waals surface area contributed by atoms with Gasteiger partial charge in [0, 0.05) is 37.3 Å². The molecule has 1 N–H and O–H groups in total. The van der Waals surface area contributed by atoms with Gasteiger partial charge in [-0.3, -0.25) is 9.69 Å². The number of likely N-dealkylation sites (N-methyl/N-ethyl adjacent to an activating group) is 1. The molecule has 0 amide bonds. The van der Waals surface area contributed by atoms with Gasteiger partial charge in [0.15, 0.2) is 5.82 Å². The average molecular weight is 430 g/mol. The van der Waals surface area contributed by atoms with Crippen molar-refractivity contribution in [3.63, 3.8) is 0 Å². The molecule has 8 nitrogen and oxygen atoms in total. The zero-order chi connectivity index (χ0) is 22.1. The molecule has 164 valence electrons. The van der Waals surface area contributed by atoms with Crippen LogP contribution in [0.2, 0.25) is 0 Å². The molecule has 0 radical (unpaired) electrons. The van der Waals surface area contributed by atoms with Crippen molar-refractivity contribution in [2.24, 2.45) is 0 Å². The minimum Gasteiger partial charge on any atom is -0.322 e. The molecule has 0 saturated carbocycles. The molecule has 0 aliphatic carbocycles. The van der Waals surface area contributed by atoms with Gasteiger partial charge in [-0.1, -0.05) is 42.0 Å². The summed E-state index contributed by atoms with van der Waals surface area (Å²) >= 11 is 0. The van der Waals surface area contributed by atoms with Gasteiger partial charge in [0.1, 0.15) is 6.04 Å². The number of aryl methyl sites for hydroxylation is 1. The lowest BCUT2D eigenvalue weighted by molar-refractivity contribution is 0.121. The summed E-state index contributed by atoms with van der Waals surface area (Å²) in [5.74, 6) is 0.691. The lowest BCUT2D eigenvalue weighted by atomic mass is 10.0. The summed E-state index contributed by atoms with van der Waals surface area (Å²) in [4.78, 5) is 21.0. The summed E-state index contributed by atoms with van der Waals surface area (Å²) in [6.45, 7) is 6.15. The monoisotopic (exact) mass is 429 g/mol. The number of hydrogen-bond donors (Lipinski definition) is 1. The normalized spacial score (nSPS) is 16.4. The van der Waals surface area contributed by atoms with Gasteiger partial charge in [-0.15, -0.1) is 5.10 Å². The van der Waals surface area contributed by atoms with E-state index in [9.17, 15) is 4.79 Å². The number of nitrogens with one attached hydrogen (secondary N) is 1. The molecule has 1 fully saturated rings. The standard InChI is InChI=1S/C24H27N7O/c1-17-8-9-21-19(14-17)15-20(24(32)25-21)22(30-12-10-29(2)11-13-30)23-26-27-28-31(23)16-18-6-4-3-5-7-18/h3-9,14-15,22H,10-13,16H2,1-2H3,(H,25,32)/t22-/m1/s1. The zero-order valence-electron chi connectivity index (χ0n) is 18.4. The fourth-order valence-corrected chi connectivity index (χ4v) is 4.40. The van der Waals surface area contributed by atoms with E-state index in [4.69, 9.17) is 0 Å². The van der Waals surface area contributed by atoms with Crippen LogP contribution in [0.5, 0.6) is 0 Å². The van der Waals surface area contributed by atoms with Crippen LogP contribution < -0.4 is 5.56 Å². The summed E-state index contributed by atoms with van der Waals surface area (Å²) in [5.41, 5.74) is 3.68. The summed E-state index contributed by atoms with van der Waals surface area (Å²) < 4.78 is 1.82. The molecule has 0 spiro atoms. The molecule has 0 bridgehead atoms. The van der Waals surface area contributed by atoms with Gasteiger partial charge in [0.25, 0.3) is 5.56 Å². The number of aromatic nitrogens is 5. The second kappa shape index (κ2) is 8.64. The van der Waals surface area contributed by atoms with Crippen molar-refractivity contribution in [1.29, 1.82) is 0 Å². The van der Waals surface area contributed by atoms with Crippen molar-refractivity contribution < 1.29 is 0 Å². The first-order valence-electron chi connectivity index (χ1n) is 10.9. The van der Waals surface area contributed by atoms with Crippen molar-refractivity contribution in [1.82, 2.24) is 35.0 Å². The fourth-order valence-electron chi connectivity index (χ4n) is 4.40. The Kier molecular flexibility index (Phi) is 5.55. The van der Waals surface area contributed by atoms with Crippen LogP contribution in [-0.4, -0.2) is 68.2 Å². The highest BCUT2D eigenvalue weighted by atomic mass is 16.1. The van der Waals surface area contributed by atoms with Crippen molar-refractivity contribution in [2.75, 3.05) is 33.2 Å². The zero-order valence-corrected chi connectivity index (χ0v) is 18.4. The Labute approximate surface area is 186 Å². The summed E-state index contributed by atoms with van der Waals surface area (Å²) in [6, 6.07) is 17.9. The van der Waals surface area contributed by atoms with Gasteiger partial charge >= 0.3 is 0 Å². The molecule has 8 heteroatoms. The maximum absolute atomic E-state index is 13.3. The summed E-state index contributed by atoms with van der Waals surface area (Å²) in [5, 5.41) is 13.7. The van der Waals surface area contributed by atoms with Gasteiger partial charge in [-0.25, -0.2) is 4.68 Å². The number of fused-ring (bicyclic) bond motifs is 1. The molecule has 5 rings (SSSR count). The molecular weight excluding hydrogens is 402 g/mol. The van der Waals surface area contributed by atoms with Gasteiger partial charge in [-0.2, -0.15) is 0 Å². The minimum atomic E-state index is -0.323. The molecule has 1 aliphatic rings. The van der Waals surface area contributed by atoms with Crippen LogP contribution in [0.4, 0.5) is 0 Å². The van der Waals surface area contributed by atoms with E-state index in [1.807, 2.05) is 41.1 Å². The number of piperazine rings is 1. The number of H-pyrrole nitrogens is 1. The van der Waals surface area contributed by atoms with E-state index in [0.29, 0.717) is 17.9 Å². The third-order valence-corrected chi connectivity index (χ3v) is 6.21. The van der Waals surface area contributed by atoms with Crippen LogP contribution in [0.25, 0.3) is 10.9 Å². The minimum absolute atomic E-state index is 0.0976. The molecule has 1 atom stereocenters. The van der Waals surface area contributed by atoms with Crippen molar-refractivity contribution in [3.05, 3.63) is 87.5 Å². The van der Waals surface area contributed by atoms with Crippen LogP contribution in [0.15, 0.2) is 59.4 Å². The topological polar surface area (TPSA) is 82.9 Å². The van der Waals surface area contributed by atoms with Crippen LogP contribution in [0.3, 0.4) is 0 Å². The van der Waals surface area contributed by atoms with Crippen molar-refractivity contribution >= 4 is 10.9 Å². The Morgan fingerprint density at radius 2 is 1.81 bits per heavy atom. The number of aromatic amines is 1. The largest absolute Gasteiger partial charge is 0.322 e. The Balaban J connectivity index is 1.62. The quantitative estimate of drug-likeness (QED) is 0.524. The highest BCUT2D eigenvalue weighted by molar-refractivity contribution is 5.79. The predicted octanol–water partition coefficient (Wildman–Crippen LogP) is 2.21. The fraction of sp³-hybridized carbons (Fsp3) is 0.333. The molecule has 3 heterocycles. The number of benzene rings is 2. The van der Waals surface area contributed by atoms with E-state index in [-0.39, 0.29) is 11.6 Å². The van der Waals surface area contributed by atoms with Crippen molar-refractivity contribution in [2.45, 2.75) is 19.5 Å². The molecule has 2 aromatic carbocycles. The van der Waals surface area contributed by atoms with E-state index in [1.165, 1.54) is 0 Å². The predicted molar refractivity (Wildman–Crippen MR) is 124 cm³/mol. The highest BCUT2D eigenvalue weighted by Crippen LogP contribution is 2.28.